The van der Waals surface area contributed by atoms with E-state index in [0.717, 1.165) is 61.7 Å². The van der Waals surface area contributed by atoms with Gasteiger partial charge in [-0.2, -0.15) is 0 Å². The van der Waals surface area contributed by atoms with E-state index in [4.69, 9.17) is 4.74 Å². The highest BCUT2D eigenvalue weighted by Crippen LogP contribution is 2.33. The molecule has 0 radical (unpaired) electrons. The fourth-order valence-electron chi connectivity index (χ4n) is 10.00. The van der Waals surface area contributed by atoms with Crippen LogP contribution in [0.4, 0.5) is 0 Å². The van der Waals surface area contributed by atoms with Crippen LogP contribution in [0, 0.1) is 20.8 Å². The largest absolute Gasteiger partial charge is 0.489 e. The zero-order chi connectivity index (χ0) is 75.3. The van der Waals surface area contributed by atoms with Crippen molar-refractivity contribution in [3.05, 3.63) is 338 Å². The van der Waals surface area contributed by atoms with Gasteiger partial charge in [0.15, 0.2) is 52.0 Å². The lowest BCUT2D eigenvalue weighted by Crippen LogP contribution is -2.10. The Morgan fingerprint density at radius 2 is 0.588 bits per heavy atom. The smallest absolute Gasteiger partial charge is 0.159 e. The third-order valence-corrected chi connectivity index (χ3v) is 16.5. The highest BCUT2D eigenvalue weighted by atomic mass is 16.5. The van der Waals surface area contributed by atoms with Crippen LogP contribution in [0.25, 0.3) is 11.1 Å². The van der Waals surface area contributed by atoms with Gasteiger partial charge in [-0.25, -0.2) is 0 Å². The summed E-state index contributed by atoms with van der Waals surface area (Å²) >= 11 is 0. The molecule has 1 saturated carbocycles. The standard InChI is InChI=1S/C15H14O2.C14H18O.C14H12O.C12H16O.C10H10O2.3C9H10O/c1-12(16)14-9-7-13(8-10-14)11-17-15-5-3-2-4-6-15;2*1-11(15)12-7-9-14(10-8-12)13-5-3-2-4-6-13;1-9(13)10-5-7-11(8-6-10)12(2,3)4;1-7(11)9-4-3-5-10(6-9)8(2)12;3*1-7-3-5-9(6-4-7)8(2)10/h2-10H,11H2,1H3;7-10,13H,2-6H2,1H3;2-10H,1H3;5-8H,1-4H3;3-6H,1-2H3;3*3-6H,1-2H3. The average molecular weight is 1370 g/mol. The highest BCUT2D eigenvalue weighted by molar-refractivity contribution is 6.00. The van der Waals surface area contributed by atoms with Crippen LogP contribution in [0.3, 0.4) is 0 Å². The molecule has 0 heterocycles. The lowest BCUT2D eigenvalue weighted by atomic mass is 9.84. The molecule has 10 aromatic carbocycles. The number of para-hydroxylation sites is 1. The van der Waals surface area contributed by atoms with Crippen molar-refractivity contribution in [2.45, 2.75) is 154 Å². The van der Waals surface area contributed by atoms with Gasteiger partial charge >= 0.3 is 0 Å². The first-order chi connectivity index (χ1) is 48.4. The maximum atomic E-state index is 11.1. The van der Waals surface area contributed by atoms with Crippen molar-refractivity contribution in [3.63, 3.8) is 0 Å². The van der Waals surface area contributed by atoms with Gasteiger partial charge in [0.25, 0.3) is 0 Å². The van der Waals surface area contributed by atoms with Crippen LogP contribution in [0.1, 0.15) is 248 Å². The zero-order valence-electron chi connectivity index (χ0n) is 62.2. The van der Waals surface area contributed by atoms with Crippen LogP contribution in [-0.2, 0) is 12.0 Å². The van der Waals surface area contributed by atoms with Crippen molar-refractivity contribution in [1.82, 2.24) is 0 Å². The maximum absolute atomic E-state index is 11.1. The molecule has 0 N–H and O–H groups in total. The summed E-state index contributed by atoms with van der Waals surface area (Å²) in [6.07, 6.45) is 6.75. The molecule has 0 spiro atoms. The Morgan fingerprint density at radius 3 is 0.912 bits per heavy atom. The number of ketones is 9. The van der Waals surface area contributed by atoms with Gasteiger partial charge in [-0.15, -0.1) is 0 Å². The summed E-state index contributed by atoms with van der Waals surface area (Å²) in [5, 5.41) is 0. The first kappa shape index (κ1) is 83.4. The van der Waals surface area contributed by atoms with Crippen molar-refractivity contribution in [2.75, 3.05) is 0 Å². The van der Waals surface area contributed by atoms with E-state index in [-0.39, 0.29) is 57.5 Å². The third kappa shape index (κ3) is 31.5. The number of ether oxygens (including phenoxy) is 1. The number of hydrogen-bond acceptors (Lipinski definition) is 10. The molecule has 10 aromatic rings. The Labute approximate surface area is 605 Å². The second-order valence-electron chi connectivity index (χ2n) is 26.2. The van der Waals surface area contributed by atoms with Gasteiger partial charge in [0.2, 0.25) is 0 Å². The highest BCUT2D eigenvalue weighted by Gasteiger charge is 2.16. The fourth-order valence-corrected chi connectivity index (χ4v) is 10.00. The molecule has 0 aromatic heterocycles. The van der Waals surface area contributed by atoms with Crippen LogP contribution in [-0.4, -0.2) is 52.0 Å². The molecule has 0 amide bonds. The predicted octanol–water partition coefficient (Wildman–Crippen LogP) is 22.8. The Morgan fingerprint density at radius 1 is 0.304 bits per heavy atom. The number of Topliss-reactive ketones (excluding diaryl/α,β-unsaturated/α-hetero) is 9. The third-order valence-electron chi connectivity index (χ3n) is 16.5. The lowest BCUT2D eigenvalue weighted by Gasteiger charge is -2.21. The molecule has 0 aliphatic heterocycles. The van der Waals surface area contributed by atoms with Gasteiger partial charge in [0.1, 0.15) is 12.4 Å². The summed E-state index contributed by atoms with van der Waals surface area (Å²) in [4.78, 5) is 98.4. The predicted molar refractivity (Wildman–Crippen MR) is 417 cm³/mol. The van der Waals surface area contributed by atoms with Gasteiger partial charge in [-0.1, -0.05) is 293 Å². The molecule has 0 atom stereocenters. The van der Waals surface area contributed by atoms with Crippen molar-refractivity contribution in [3.8, 4) is 16.9 Å². The van der Waals surface area contributed by atoms with E-state index >= 15 is 0 Å². The van der Waals surface area contributed by atoms with E-state index in [9.17, 15) is 43.2 Å². The lowest BCUT2D eigenvalue weighted by molar-refractivity contribution is 0.0999. The summed E-state index contributed by atoms with van der Waals surface area (Å²) in [7, 11) is 0. The van der Waals surface area contributed by atoms with E-state index in [1.54, 1.807) is 72.7 Å². The second kappa shape index (κ2) is 43.5. The molecule has 1 fully saturated rings. The second-order valence-corrected chi connectivity index (χ2v) is 26.2. The van der Waals surface area contributed by atoms with Crippen molar-refractivity contribution in [1.29, 1.82) is 0 Å². The maximum Gasteiger partial charge on any atom is 0.159 e. The Balaban J connectivity index is 0.000000249. The molecule has 102 heavy (non-hydrogen) atoms. The molecule has 11 rings (SSSR count). The van der Waals surface area contributed by atoms with Gasteiger partial charge in [-0.3, -0.25) is 43.2 Å². The molecule has 1 aliphatic carbocycles. The summed E-state index contributed by atoms with van der Waals surface area (Å²) in [5.41, 5.74) is 16.4. The molecular formula is C92H100O10. The molecule has 10 heteroatoms. The van der Waals surface area contributed by atoms with Gasteiger partial charge in [0, 0.05) is 50.1 Å². The van der Waals surface area contributed by atoms with E-state index in [2.05, 4.69) is 45.0 Å². The summed E-state index contributed by atoms with van der Waals surface area (Å²) in [6, 6.07) is 80.4. The molecule has 10 nitrogen and oxygen atoms in total. The number of rotatable bonds is 14. The number of carbonyl (C=O) groups is 9. The minimum Gasteiger partial charge on any atom is -0.489 e. The molecular weight excluding hydrogens is 1270 g/mol. The Bertz CT molecular complexity index is 4110. The summed E-state index contributed by atoms with van der Waals surface area (Å²) in [5.74, 6) is 2.40. The zero-order valence-corrected chi connectivity index (χ0v) is 62.2. The van der Waals surface area contributed by atoms with Gasteiger partial charge in [0.05, 0.1) is 0 Å². The van der Waals surface area contributed by atoms with Crippen LogP contribution < -0.4 is 4.74 Å². The summed E-state index contributed by atoms with van der Waals surface area (Å²) in [6.45, 7) is 27.1. The quantitative estimate of drug-likeness (QED) is 0.0958. The number of hydrogen-bond donors (Lipinski definition) is 0. The Kier molecular flexibility index (Phi) is 35.6. The monoisotopic (exact) mass is 1360 g/mol. The normalized spacial score (nSPS) is 11.0. The average Bonchev–Trinajstić information content (AvgIpc) is 0.865. The van der Waals surface area contributed by atoms with Crippen LogP contribution >= 0.6 is 0 Å². The topological polar surface area (TPSA) is 163 Å². The molecule has 0 saturated heterocycles. The van der Waals surface area contributed by atoms with Crippen LogP contribution in [0.2, 0.25) is 0 Å². The fraction of sp³-hybridized carbons (Fsp3) is 0.250. The van der Waals surface area contributed by atoms with Crippen molar-refractivity contribution in [2.24, 2.45) is 0 Å². The van der Waals surface area contributed by atoms with Gasteiger partial charge < -0.3 is 4.74 Å². The first-order valence-corrected chi connectivity index (χ1v) is 34.4. The van der Waals surface area contributed by atoms with E-state index in [1.165, 1.54) is 79.3 Å². The summed E-state index contributed by atoms with van der Waals surface area (Å²) < 4.78 is 5.61. The minimum atomic E-state index is -0.0156. The van der Waals surface area contributed by atoms with Crippen LogP contribution in [0.15, 0.2) is 255 Å². The molecule has 0 unspecified atom stereocenters. The van der Waals surface area contributed by atoms with E-state index < -0.39 is 0 Å². The first-order valence-electron chi connectivity index (χ1n) is 34.4. The molecule has 1 aliphatic rings. The van der Waals surface area contributed by atoms with E-state index in [0.29, 0.717) is 17.7 Å². The molecule has 528 valence electrons. The minimum absolute atomic E-state index is 0.0156. The Hall–Kier alpha value is -11.0. The number of aryl methyl sites for hydroxylation is 3. The van der Waals surface area contributed by atoms with Crippen molar-refractivity contribution < 1.29 is 47.9 Å². The van der Waals surface area contributed by atoms with Crippen molar-refractivity contribution >= 4 is 52.0 Å². The van der Waals surface area contributed by atoms with E-state index in [1.807, 2.05) is 227 Å². The molecule has 0 bridgehead atoms. The number of benzene rings is 10. The number of carbonyl (C=O) groups excluding carboxylic acids is 9. The van der Waals surface area contributed by atoms with Gasteiger partial charge in [-0.05, 0) is 153 Å². The van der Waals surface area contributed by atoms with Crippen LogP contribution in [0.5, 0.6) is 5.75 Å². The SMILES string of the molecule is CC(=O)c1ccc(-c2ccccc2)cc1.CC(=O)c1ccc(C(C)(C)C)cc1.CC(=O)c1ccc(C)cc1.CC(=O)c1ccc(C)cc1.CC(=O)c1ccc(C)cc1.CC(=O)c1ccc(C2CCCCC2)cc1.CC(=O)c1ccc(COc2ccccc2)cc1.CC(=O)c1cccc(C(C)=O)c1.